The van der Waals surface area contributed by atoms with Gasteiger partial charge in [0.2, 0.25) is 0 Å². The average molecular weight is 268 g/mol. The van der Waals surface area contributed by atoms with Crippen LogP contribution in [-0.2, 0) is 11.2 Å². The van der Waals surface area contributed by atoms with Crippen molar-refractivity contribution in [2.45, 2.75) is 31.9 Å². The van der Waals surface area contributed by atoms with Crippen LogP contribution < -0.4 is 0 Å². The minimum Gasteiger partial charge on any atom is -0.374 e. The van der Waals surface area contributed by atoms with E-state index in [9.17, 15) is 0 Å². The van der Waals surface area contributed by atoms with E-state index in [1.807, 2.05) is 0 Å². The van der Waals surface area contributed by atoms with Gasteiger partial charge in [-0.2, -0.15) is 0 Å². The summed E-state index contributed by atoms with van der Waals surface area (Å²) in [5.41, 5.74) is 1.42. The Hall–Kier alpha value is -0.570. The summed E-state index contributed by atoms with van der Waals surface area (Å²) in [5.74, 6) is 0.599. The van der Waals surface area contributed by atoms with Crippen LogP contribution >= 0.6 is 11.6 Å². The average Bonchev–Trinajstić information content (AvgIpc) is 2.42. The lowest BCUT2D eigenvalue weighted by molar-refractivity contribution is -0.0478. The number of morpholine rings is 1. The minimum absolute atomic E-state index is 0.208. The maximum atomic E-state index is 5.87. The van der Waals surface area contributed by atoms with Crippen LogP contribution in [0.4, 0.5) is 0 Å². The molecule has 1 aliphatic heterocycles. The van der Waals surface area contributed by atoms with Crippen molar-refractivity contribution >= 4 is 11.6 Å². The Balaban J connectivity index is 1.75. The molecular formula is C15H22ClNO. The highest BCUT2D eigenvalue weighted by Gasteiger charge is 2.24. The van der Waals surface area contributed by atoms with E-state index < -0.39 is 0 Å². The number of nitrogens with zero attached hydrogens (tertiary/aromatic N) is 1. The summed E-state index contributed by atoms with van der Waals surface area (Å²) in [5, 5.41) is 0. The normalized spacial score (nSPS) is 25.2. The van der Waals surface area contributed by atoms with Gasteiger partial charge >= 0.3 is 0 Å². The molecular weight excluding hydrogens is 246 g/mol. The Labute approximate surface area is 115 Å². The molecule has 2 rings (SSSR count). The number of aryl methyl sites for hydroxylation is 1. The second kappa shape index (κ2) is 7.13. The second-order valence-corrected chi connectivity index (χ2v) is 5.35. The second-order valence-electron chi connectivity index (χ2n) is 5.04. The van der Waals surface area contributed by atoms with Gasteiger partial charge in [-0.15, -0.1) is 11.6 Å². The van der Waals surface area contributed by atoms with Crippen molar-refractivity contribution < 1.29 is 4.74 Å². The number of benzene rings is 1. The van der Waals surface area contributed by atoms with Crippen molar-refractivity contribution in [1.29, 1.82) is 0 Å². The topological polar surface area (TPSA) is 12.5 Å². The third-order valence-corrected chi connectivity index (χ3v) is 3.90. The number of hydrogen-bond donors (Lipinski definition) is 0. The van der Waals surface area contributed by atoms with E-state index in [0.717, 1.165) is 26.1 Å². The fourth-order valence-corrected chi connectivity index (χ4v) is 2.60. The van der Waals surface area contributed by atoms with E-state index in [1.165, 1.54) is 12.0 Å². The quantitative estimate of drug-likeness (QED) is 0.761. The smallest absolute Gasteiger partial charge is 0.0837 e. The molecule has 0 N–H and O–H groups in total. The third kappa shape index (κ3) is 3.98. The van der Waals surface area contributed by atoms with Gasteiger partial charge in [0, 0.05) is 18.5 Å². The molecule has 0 aliphatic carbocycles. The fourth-order valence-electron chi connectivity index (χ4n) is 2.41. The Morgan fingerprint density at radius 1 is 1.33 bits per heavy atom. The Morgan fingerprint density at radius 2 is 2.11 bits per heavy atom. The van der Waals surface area contributed by atoms with Gasteiger partial charge in [-0.05, 0) is 31.9 Å². The highest BCUT2D eigenvalue weighted by molar-refractivity contribution is 6.18. The lowest BCUT2D eigenvalue weighted by atomic mass is 10.1. The Kier molecular flexibility index (Phi) is 5.48. The summed E-state index contributed by atoms with van der Waals surface area (Å²) in [6.45, 7) is 5.14. The van der Waals surface area contributed by atoms with E-state index in [4.69, 9.17) is 16.3 Å². The molecule has 0 amide bonds. The Bertz CT molecular complexity index is 344. The molecule has 0 saturated carbocycles. The molecule has 1 heterocycles. The maximum Gasteiger partial charge on any atom is 0.0837 e. The van der Waals surface area contributed by atoms with Gasteiger partial charge in [-0.3, -0.25) is 4.90 Å². The van der Waals surface area contributed by atoms with Crippen LogP contribution in [0.15, 0.2) is 30.3 Å². The zero-order valence-corrected chi connectivity index (χ0v) is 11.8. The molecule has 0 spiro atoms. The van der Waals surface area contributed by atoms with Gasteiger partial charge in [-0.1, -0.05) is 30.3 Å². The molecule has 1 aromatic carbocycles. The monoisotopic (exact) mass is 267 g/mol. The van der Waals surface area contributed by atoms with Crippen molar-refractivity contribution in [2.75, 3.05) is 25.6 Å². The lowest BCUT2D eigenvalue weighted by Gasteiger charge is -2.37. The summed E-state index contributed by atoms with van der Waals surface area (Å²) in [7, 11) is 0. The summed E-state index contributed by atoms with van der Waals surface area (Å²) in [6.07, 6.45) is 2.55. The predicted molar refractivity (Wildman–Crippen MR) is 76.3 cm³/mol. The molecule has 100 valence electrons. The highest BCUT2D eigenvalue weighted by Crippen LogP contribution is 2.14. The highest BCUT2D eigenvalue weighted by atomic mass is 35.5. The molecule has 2 atom stereocenters. The number of hydrogen-bond acceptors (Lipinski definition) is 2. The van der Waals surface area contributed by atoms with Crippen LogP contribution in [0.3, 0.4) is 0 Å². The molecule has 2 nitrogen and oxygen atoms in total. The van der Waals surface area contributed by atoms with E-state index in [2.05, 4.69) is 42.2 Å². The number of halogens is 1. The van der Waals surface area contributed by atoms with Crippen LogP contribution in [0.5, 0.6) is 0 Å². The largest absolute Gasteiger partial charge is 0.374 e. The molecule has 1 aromatic rings. The standard InChI is InChI=1S/C15H22ClNO/c1-13-12-18-15(10-16)11-17(13)9-5-8-14-6-3-2-4-7-14/h2-4,6-7,13,15H,5,8-12H2,1H3. The van der Waals surface area contributed by atoms with E-state index >= 15 is 0 Å². The third-order valence-electron chi connectivity index (χ3n) is 3.56. The molecule has 1 fully saturated rings. The van der Waals surface area contributed by atoms with Crippen LogP contribution in [0, 0.1) is 0 Å². The van der Waals surface area contributed by atoms with Gasteiger partial charge in [0.25, 0.3) is 0 Å². The zero-order chi connectivity index (χ0) is 12.8. The van der Waals surface area contributed by atoms with Crippen molar-refractivity contribution in [2.24, 2.45) is 0 Å². The molecule has 18 heavy (non-hydrogen) atoms. The molecule has 2 unspecified atom stereocenters. The van der Waals surface area contributed by atoms with Crippen LogP contribution in [0.2, 0.25) is 0 Å². The summed E-state index contributed by atoms with van der Waals surface area (Å²) in [4.78, 5) is 2.50. The number of ether oxygens (including phenoxy) is 1. The minimum atomic E-state index is 0.208. The van der Waals surface area contributed by atoms with E-state index in [0.29, 0.717) is 11.9 Å². The van der Waals surface area contributed by atoms with Gasteiger partial charge in [0.1, 0.15) is 0 Å². The van der Waals surface area contributed by atoms with Crippen molar-refractivity contribution in [3.05, 3.63) is 35.9 Å². The first-order valence-electron chi connectivity index (χ1n) is 6.75. The van der Waals surface area contributed by atoms with Crippen molar-refractivity contribution in [3.8, 4) is 0 Å². The molecule has 1 saturated heterocycles. The molecule has 3 heteroatoms. The number of alkyl halides is 1. The van der Waals surface area contributed by atoms with E-state index in [1.54, 1.807) is 0 Å². The summed E-state index contributed by atoms with van der Waals surface area (Å²) < 4.78 is 5.66. The van der Waals surface area contributed by atoms with Crippen LogP contribution in [0.25, 0.3) is 0 Å². The first-order chi connectivity index (χ1) is 8.79. The summed E-state index contributed by atoms with van der Waals surface area (Å²) >= 11 is 5.87. The maximum absolute atomic E-state index is 5.87. The fraction of sp³-hybridized carbons (Fsp3) is 0.600. The van der Waals surface area contributed by atoms with E-state index in [-0.39, 0.29) is 6.10 Å². The first-order valence-corrected chi connectivity index (χ1v) is 7.28. The number of rotatable bonds is 5. The van der Waals surface area contributed by atoms with Crippen LogP contribution in [0.1, 0.15) is 18.9 Å². The zero-order valence-electron chi connectivity index (χ0n) is 11.0. The molecule has 1 aliphatic rings. The van der Waals surface area contributed by atoms with Crippen molar-refractivity contribution in [1.82, 2.24) is 4.90 Å². The molecule has 0 aromatic heterocycles. The Morgan fingerprint density at radius 3 is 2.83 bits per heavy atom. The van der Waals surface area contributed by atoms with Gasteiger partial charge in [0.15, 0.2) is 0 Å². The SMILES string of the molecule is CC1COC(CCl)CN1CCCc1ccccc1. The van der Waals surface area contributed by atoms with Gasteiger partial charge in [0.05, 0.1) is 12.7 Å². The first kappa shape index (κ1) is 13.9. The van der Waals surface area contributed by atoms with Crippen molar-refractivity contribution in [3.63, 3.8) is 0 Å². The van der Waals surface area contributed by atoms with Gasteiger partial charge in [-0.25, -0.2) is 0 Å². The lowest BCUT2D eigenvalue weighted by Crippen LogP contribution is -2.49. The van der Waals surface area contributed by atoms with Gasteiger partial charge < -0.3 is 4.74 Å². The van der Waals surface area contributed by atoms with Crippen LogP contribution in [-0.4, -0.2) is 42.6 Å². The predicted octanol–water partition coefficient (Wildman–Crippen LogP) is 2.95. The molecule has 0 radical (unpaired) electrons. The summed E-state index contributed by atoms with van der Waals surface area (Å²) in [6, 6.07) is 11.2. The molecule has 0 bridgehead atoms.